The molecule has 1 amide bonds. The molecular formula is C16H15ClNNaO4. The molecule has 2 N–H and O–H groups in total. The fraction of sp³-hybridized carbons (Fsp3) is 0.125. The van der Waals surface area contributed by atoms with Crippen LogP contribution in [-0.2, 0) is 0 Å². The predicted octanol–water partition coefficient (Wildman–Crippen LogP) is 2.20. The maximum atomic E-state index is 11.9. The van der Waals surface area contributed by atoms with Crippen LogP contribution in [0.3, 0.4) is 0 Å². The van der Waals surface area contributed by atoms with Crippen LogP contribution < -0.4 is 10.1 Å². The summed E-state index contributed by atoms with van der Waals surface area (Å²) < 4.78 is 5.42. The molecule has 0 aliphatic heterocycles. The average molecular weight is 344 g/mol. The summed E-state index contributed by atoms with van der Waals surface area (Å²) in [5.74, 6) is -0.717. The molecule has 0 saturated carbocycles. The quantitative estimate of drug-likeness (QED) is 0.623. The zero-order valence-electron chi connectivity index (χ0n) is 11.6. The predicted molar refractivity (Wildman–Crippen MR) is 89.8 cm³/mol. The number of halogens is 1. The molecule has 116 valence electrons. The number of aromatic carboxylic acids is 1. The number of carbonyl (C=O) groups is 2. The van der Waals surface area contributed by atoms with Crippen molar-refractivity contribution in [2.45, 2.75) is 0 Å². The van der Waals surface area contributed by atoms with E-state index in [0.717, 1.165) is 0 Å². The van der Waals surface area contributed by atoms with Crippen LogP contribution >= 0.6 is 11.6 Å². The molecule has 0 bridgehead atoms. The molecule has 0 heterocycles. The Labute approximate surface area is 160 Å². The second-order valence-corrected chi connectivity index (χ2v) is 4.82. The number of ether oxygens (including phenoxy) is 1. The van der Waals surface area contributed by atoms with E-state index < -0.39 is 5.97 Å². The first-order chi connectivity index (χ1) is 10.6. The van der Waals surface area contributed by atoms with Crippen LogP contribution in [0.2, 0.25) is 5.02 Å². The summed E-state index contributed by atoms with van der Waals surface area (Å²) in [6.07, 6.45) is 0. The Morgan fingerprint density at radius 2 is 1.74 bits per heavy atom. The van der Waals surface area contributed by atoms with Crippen molar-refractivity contribution in [3.05, 3.63) is 64.7 Å². The third kappa shape index (κ3) is 5.88. The maximum absolute atomic E-state index is 11.9. The number of hydrogen-bond acceptors (Lipinski definition) is 3. The SMILES string of the molecule is O=C(O)c1ccc(OCCNC(=O)c2ccccc2Cl)cc1.[NaH]. The number of carboxylic acid groups (broad SMARTS) is 1. The summed E-state index contributed by atoms with van der Waals surface area (Å²) in [6.45, 7) is 0.577. The van der Waals surface area contributed by atoms with E-state index in [1.165, 1.54) is 12.1 Å². The molecule has 7 heteroatoms. The molecule has 0 spiro atoms. The molecule has 23 heavy (non-hydrogen) atoms. The Bertz CT molecular complexity index is 676. The normalized spacial score (nSPS) is 9.61. The van der Waals surface area contributed by atoms with E-state index in [2.05, 4.69) is 5.32 Å². The summed E-state index contributed by atoms with van der Waals surface area (Å²) in [4.78, 5) is 22.6. The van der Waals surface area contributed by atoms with Crippen LogP contribution in [0, 0.1) is 0 Å². The third-order valence-corrected chi connectivity index (χ3v) is 3.21. The van der Waals surface area contributed by atoms with Gasteiger partial charge in [-0.2, -0.15) is 0 Å². The number of hydrogen-bond donors (Lipinski definition) is 2. The van der Waals surface area contributed by atoms with E-state index in [1.807, 2.05) is 0 Å². The number of benzene rings is 2. The van der Waals surface area contributed by atoms with Gasteiger partial charge in [0, 0.05) is 0 Å². The van der Waals surface area contributed by atoms with Gasteiger partial charge >= 0.3 is 35.5 Å². The molecule has 2 aromatic rings. The van der Waals surface area contributed by atoms with Gasteiger partial charge in [-0.3, -0.25) is 4.79 Å². The molecule has 5 nitrogen and oxygen atoms in total. The van der Waals surface area contributed by atoms with Gasteiger partial charge in [0.1, 0.15) is 12.4 Å². The molecule has 0 atom stereocenters. The first-order valence-corrected chi connectivity index (χ1v) is 6.94. The molecule has 0 saturated heterocycles. The summed E-state index contributed by atoms with van der Waals surface area (Å²) >= 11 is 5.93. The zero-order valence-corrected chi connectivity index (χ0v) is 12.3. The minimum atomic E-state index is -0.987. The van der Waals surface area contributed by atoms with Gasteiger partial charge in [-0.05, 0) is 36.4 Å². The first-order valence-electron chi connectivity index (χ1n) is 6.57. The second-order valence-electron chi connectivity index (χ2n) is 4.41. The van der Waals surface area contributed by atoms with Crippen molar-refractivity contribution in [2.75, 3.05) is 13.2 Å². The Kier molecular flexibility index (Phi) is 8.12. The van der Waals surface area contributed by atoms with Gasteiger partial charge in [-0.25, -0.2) is 4.79 Å². The van der Waals surface area contributed by atoms with Gasteiger partial charge in [0.25, 0.3) is 5.91 Å². The molecular weight excluding hydrogens is 329 g/mol. The third-order valence-electron chi connectivity index (χ3n) is 2.88. The fourth-order valence-corrected chi connectivity index (χ4v) is 1.99. The van der Waals surface area contributed by atoms with Crippen LogP contribution in [0.5, 0.6) is 5.75 Å². The summed E-state index contributed by atoms with van der Waals surface area (Å²) in [5, 5.41) is 11.9. The fourth-order valence-electron chi connectivity index (χ4n) is 1.77. The Morgan fingerprint density at radius 3 is 2.35 bits per heavy atom. The van der Waals surface area contributed by atoms with E-state index in [9.17, 15) is 9.59 Å². The van der Waals surface area contributed by atoms with Crippen LogP contribution in [0.25, 0.3) is 0 Å². The standard InChI is InChI=1S/C16H14ClNO4.Na.H/c17-14-4-2-1-3-13(14)15(19)18-9-10-22-12-7-5-11(6-8-12)16(20)21;;/h1-8H,9-10H2,(H,18,19)(H,20,21);;. The minimum absolute atomic E-state index is 0. The summed E-state index contributed by atoms with van der Waals surface area (Å²) in [5.41, 5.74) is 0.606. The molecule has 0 fully saturated rings. The van der Waals surface area contributed by atoms with E-state index in [0.29, 0.717) is 22.9 Å². The number of amides is 1. The van der Waals surface area contributed by atoms with E-state index in [4.69, 9.17) is 21.4 Å². The topological polar surface area (TPSA) is 75.6 Å². The molecule has 2 rings (SSSR count). The Morgan fingerprint density at radius 1 is 1.09 bits per heavy atom. The monoisotopic (exact) mass is 343 g/mol. The van der Waals surface area contributed by atoms with Crippen molar-refractivity contribution in [3.8, 4) is 5.75 Å². The molecule has 0 aromatic heterocycles. The number of nitrogens with one attached hydrogen (secondary N) is 1. The summed E-state index contributed by atoms with van der Waals surface area (Å²) in [7, 11) is 0. The van der Waals surface area contributed by atoms with Crippen LogP contribution in [0.1, 0.15) is 20.7 Å². The van der Waals surface area contributed by atoms with E-state index in [1.54, 1.807) is 36.4 Å². The van der Waals surface area contributed by atoms with Crippen molar-refractivity contribution >= 4 is 53.0 Å². The van der Waals surface area contributed by atoms with Crippen LogP contribution in [-0.4, -0.2) is 59.7 Å². The zero-order chi connectivity index (χ0) is 15.9. The van der Waals surface area contributed by atoms with Crippen molar-refractivity contribution in [1.29, 1.82) is 0 Å². The molecule has 0 radical (unpaired) electrons. The van der Waals surface area contributed by atoms with Gasteiger partial charge in [-0.15, -0.1) is 0 Å². The molecule has 0 aliphatic rings. The van der Waals surface area contributed by atoms with Crippen molar-refractivity contribution in [3.63, 3.8) is 0 Å². The van der Waals surface area contributed by atoms with Gasteiger partial charge in [0.05, 0.1) is 22.7 Å². The van der Waals surface area contributed by atoms with Crippen LogP contribution in [0.4, 0.5) is 0 Å². The van der Waals surface area contributed by atoms with Gasteiger partial charge < -0.3 is 15.2 Å². The van der Waals surface area contributed by atoms with E-state index >= 15 is 0 Å². The molecule has 0 unspecified atom stereocenters. The van der Waals surface area contributed by atoms with Gasteiger partial charge in [0.2, 0.25) is 0 Å². The number of carbonyl (C=O) groups excluding carboxylic acids is 1. The van der Waals surface area contributed by atoms with Crippen molar-refractivity contribution in [1.82, 2.24) is 5.32 Å². The van der Waals surface area contributed by atoms with Gasteiger partial charge in [0.15, 0.2) is 0 Å². The average Bonchev–Trinajstić information content (AvgIpc) is 2.52. The van der Waals surface area contributed by atoms with Gasteiger partial charge in [-0.1, -0.05) is 23.7 Å². The van der Waals surface area contributed by atoms with Crippen LogP contribution in [0.15, 0.2) is 48.5 Å². The molecule has 2 aromatic carbocycles. The number of rotatable bonds is 6. The van der Waals surface area contributed by atoms with E-state index in [-0.39, 0.29) is 47.6 Å². The summed E-state index contributed by atoms with van der Waals surface area (Å²) in [6, 6.07) is 12.8. The molecule has 0 aliphatic carbocycles. The first kappa shape index (κ1) is 19.5. The number of carboxylic acids is 1. The second kappa shape index (κ2) is 9.57. The van der Waals surface area contributed by atoms with Crippen molar-refractivity contribution < 1.29 is 19.4 Å². The van der Waals surface area contributed by atoms with Crippen molar-refractivity contribution in [2.24, 2.45) is 0 Å². The Balaban J connectivity index is 0.00000264. The Hall–Kier alpha value is -1.53.